The highest BCUT2D eigenvalue weighted by atomic mass is 35.5. The van der Waals surface area contributed by atoms with Crippen LogP contribution in [0.25, 0.3) is 11.0 Å². The molecular formula is C17H19ClN6O4. The van der Waals surface area contributed by atoms with E-state index in [1.54, 1.807) is 31.3 Å². The van der Waals surface area contributed by atoms with Crippen molar-refractivity contribution in [2.24, 2.45) is 5.84 Å². The minimum Gasteiger partial charge on any atom is -0.387 e. The van der Waals surface area contributed by atoms with Crippen LogP contribution >= 0.6 is 11.6 Å². The highest BCUT2D eigenvalue weighted by Crippen LogP contribution is 2.37. The molecule has 5 N–H and O–H groups in total. The largest absolute Gasteiger partial charge is 0.387 e. The maximum Gasteiger partial charge on any atom is 0.181 e. The molecule has 1 aliphatic heterocycles. The number of nitrogens with zero attached hydrogens (tertiary/aromatic N) is 5. The van der Waals surface area contributed by atoms with E-state index in [9.17, 15) is 15.3 Å². The zero-order valence-electron chi connectivity index (χ0n) is 14.8. The summed E-state index contributed by atoms with van der Waals surface area (Å²) in [6.07, 6.45) is -3.15. The number of hydrogen-bond acceptors (Lipinski definition) is 9. The normalized spacial score (nSPS) is 25.9. The van der Waals surface area contributed by atoms with Crippen molar-refractivity contribution in [3.8, 4) is 0 Å². The van der Waals surface area contributed by atoms with Gasteiger partial charge < -0.3 is 20.1 Å². The Kier molecular flexibility index (Phi) is 4.91. The molecule has 0 bridgehead atoms. The number of aromatic nitrogens is 4. The number of rotatable bonds is 4. The summed E-state index contributed by atoms with van der Waals surface area (Å²) >= 11 is 5.87. The van der Waals surface area contributed by atoms with Crippen LogP contribution < -0.4 is 10.9 Å². The van der Waals surface area contributed by atoms with Gasteiger partial charge in [0.05, 0.1) is 11.6 Å². The predicted octanol–water partition coefficient (Wildman–Crippen LogP) is 0.142. The van der Waals surface area contributed by atoms with Gasteiger partial charge in [-0.2, -0.15) is 5.10 Å². The Labute approximate surface area is 164 Å². The lowest BCUT2D eigenvalue weighted by Crippen LogP contribution is -2.35. The van der Waals surface area contributed by atoms with Crippen LogP contribution in [0.15, 0.2) is 36.8 Å². The second-order valence-electron chi connectivity index (χ2n) is 6.60. The van der Waals surface area contributed by atoms with Crippen molar-refractivity contribution in [1.29, 1.82) is 0 Å². The fourth-order valence-electron chi connectivity index (χ4n) is 3.32. The van der Waals surface area contributed by atoms with Crippen LogP contribution in [0, 0.1) is 0 Å². The first kappa shape index (κ1) is 19.0. The minimum absolute atomic E-state index is 0.375. The number of nitrogens with two attached hydrogens (primary N) is 1. The maximum atomic E-state index is 10.6. The minimum atomic E-state index is -1.34. The molecule has 28 heavy (non-hydrogen) atoms. The average molecular weight is 407 g/mol. The van der Waals surface area contributed by atoms with Crippen molar-refractivity contribution < 1.29 is 20.1 Å². The predicted molar refractivity (Wildman–Crippen MR) is 100 cm³/mol. The van der Waals surface area contributed by atoms with E-state index >= 15 is 0 Å². The Morgan fingerprint density at radius 3 is 2.61 bits per heavy atom. The van der Waals surface area contributed by atoms with Crippen LogP contribution in [0.2, 0.25) is 5.02 Å². The molecule has 10 nitrogen and oxygen atoms in total. The summed E-state index contributed by atoms with van der Waals surface area (Å²) in [5.74, 6) is 6.22. The van der Waals surface area contributed by atoms with E-state index in [-0.39, 0.29) is 0 Å². The van der Waals surface area contributed by atoms with Gasteiger partial charge in [-0.1, -0.05) is 23.7 Å². The smallest absolute Gasteiger partial charge is 0.181 e. The Morgan fingerprint density at radius 2 is 1.93 bits per heavy atom. The second kappa shape index (κ2) is 7.24. The highest BCUT2D eigenvalue weighted by molar-refractivity contribution is 6.30. The van der Waals surface area contributed by atoms with Gasteiger partial charge in [0, 0.05) is 12.1 Å². The Balaban J connectivity index is 1.66. The summed E-state index contributed by atoms with van der Waals surface area (Å²) in [5, 5.41) is 38.2. The monoisotopic (exact) mass is 406 g/mol. The summed E-state index contributed by atoms with van der Waals surface area (Å²) in [4.78, 5) is 8.29. The van der Waals surface area contributed by atoms with Gasteiger partial charge in [0.2, 0.25) is 0 Å². The maximum absolute atomic E-state index is 10.6. The van der Waals surface area contributed by atoms with E-state index in [2.05, 4.69) is 15.1 Å². The molecule has 1 aromatic carbocycles. The van der Waals surface area contributed by atoms with E-state index in [1.165, 1.54) is 22.2 Å². The van der Waals surface area contributed by atoms with E-state index in [0.717, 1.165) is 0 Å². The fourth-order valence-corrected chi connectivity index (χ4v) is 3.44. The van der Waals surface area contributed by atoms with Crippen LogP contribution in [0.4, 0.5) is 5.82 Å². The van der Waals surface area contributed by atoms with Crippen molar-refractivity contribution in [2.45, 2.75) is 30.6 Å². The Hall–Kier alpha value is -2.34. The summed E-state index contributed by atoms with van der Waals surface area (Å²) in [7, 11) is 1.63. The number of benzene rings is 1. The van der Waals surface area contributed by atoms with Crippen molar-refractivity contribution in [1.82, 2.24) is 19.7 Å². The van der Waals surface area contributed by atoms with Gasteiger partial charge in [0.25, 0.3) is 0 Å². The molecule has 2 aromatic heterocycles. The zero-order valence-corrected chi connectivity index (χ0v) is 15.5. The third-order valence-corrected chi connectivity index (χ3v) is 5.00. The van der Waals surface area contributed by atoms with Crippen LogP contribution in [-0.4, -0.2) is 60.4 Å². The molecule has 1 fully saturated rings. The summed E-state index contributed by atoms with van der Waals surface area (Å²) in [6.45, 7) is 0. The van der Waals surface area contributed by atoms with Gasteiger partial charge in [-0.25, -0.2) is 20.5 Å². The van der Waals surface area contributed by atoms with Crippen LogP contribution in [0.1, 0.15) is 17.9 Å². The van der Waals surface area contributed by atoms with E-state index < -0.39 is 30.6 Å². The second-order valence-corrected chi connectivity index (χ2v) is 7.04. The first-order chi connectivity index (χ1) is 13.4. The molecule has 0 amide bonds. The lowest BCUT2D eigenvalue weighted by molar-refractivity contribution is -0.0884. The topological polar surface area (TPSA) is 143 Å². The summed E-state index contributed by atoms with van der Waals surface area (Å²) < 4.78 is 7.14. The molecule has 11 heteroatoms. The van der Waals surface area contributed by atoms with Crippen LogP contribution in [-0.2, 0) is 4.74 Å². The quantitative estimate of drug-likeness (QED) is 0.351. The van der Waals surface area contributed by atoms with E-state index in [4.69, 9.17) is 22.2 Å². The Bertz CT molecular complexity index is 981. The third-order valence-electron chi connectivity index (χ3n) is 4.74. The molecule has 3 aromatic rings. The van der Waals surface area contributed by atoms with Crippen molar-refractivity contribution >= 4 is 28.5 Å². The lowest BCUT2D eigenvalue weighted by Gasteiger charge is -2.21. The molecule has 0 aliphatic carbocycles. The first-order valence-electron chi connectivity index (χ1n) is 8.50. The van der Waals surface area contributed by atoms with Gasteiger partial charge in [-0.15, -0.1) is 0 Å². The van der Waals surface area contributed by atoms with Gasteiger partial charge in [0.1, 0.15) is 30.7 Å². The number of aliphatic hydroxyl groups is 3. The SMILES string of the molecule is CN(N)c1ncnc2c1cnn2[C@@H]1O[C@H]([C@H](O)c2ccc(Cl)cc2)[C@@H](O)[C@H]1O. The van der Waals surface area contributed by atoms with Crippen LogP contribution in [0.3, 0.4) is 0 Å². The zero-order chi connectivity index (χ0) is 20.0. The third kappa shape index (κ3) is 3.09. The molecule has 5 atom stereocenters. The van der Waals surface area contributed by atoms with Gasteiger partial charge in [0.15, 0.2) is 17.7 Å². The number of hydrogen-bond donors (Lipinski definition) is 4. The van der Waals surface area contributed by atoms with Gasteiger partial charge in [-0.05, 0) is 17.7 Å². The number of ether oxygens (including phenoxy) is 1. The number of halogens is 1. The van der Waals surface area contributed by atoms with E-state index in [1.807, 2.05) is 0 Å². The van der Waals surface area contributed by atoms with Crippen molar-refractivity contribution in [2.75, 3.05) is 12.1 Å². The van der Waals surface area contributed by atoms with E-state index in [0.29, 0.717) is 27.4 Å². The van der Waals surface area contributed by atoms with Gasteiger partial charge in [-0.3, -0.25) is 5.01 Å². The molecule has 0 saturated carbocycles. The Morgan fingerprint density at radius 1 is 1.21 bits per heavy atom. The molecular weight excluding hydrogens is 388 g/mol. The number of hydrazine groups is 1. The fraction of sp³-hybridized carbons (Fsp3) is 0.353. The van der Waals surface area contributed by atoms with Crippen LogP contribution in [0.5, 0.6) is 0 Å². The summed E-state index contributed by atoms with van der Waals surface area (Å²) in [5.41, 5.74) is 0.876. The summed E-state index contributed by atoms with van der Waals surface area (Å²) in [6, 6.07) is 6.50. The van der Waals surface area contributed by atoms with Crippen molar-refractivity contribution in [3.05, 3.63) is 47.4 Å². The van der Waals surface area contributed by atoms with Gasteiger partial charge >= 0.3 is 0 Å². The number of aliphatic hydroxyl groups excluding tert-OH is 3. The molecule has 148 valence electrons. The lowest BCUT2D eigenvalue weighted by atomic mass is 9.99. The molecule has 3 heterocycles. The molecule has 1 aliphatic rings. The molecule has 0 spiro atoms. The number of anilines is 1. The number of fused-ring (bicyclic) bond motifs is 1. The standard InChI is InChI=1S/C17H19ClN6O4/c1-23(19)15-10-6-22-24(16(10)21-7-20-15)17-13(27)12(26)14(28-17)11(25)8-2-4-9(18)5-3-8/h2-7,11-14,17,25-27H,19H2,1H3/t11-,12+,13-,14-,17-/m1/s1. The molecule has 0 radical (unpaired) electrons. The molecule has 4 rings (SSSR count). The first-order valence-corrected chi connectivity index (χ1v) is 8.88. The highest BCUT2D eigenvalue weighted by Gasteiger charge is 2.48. The molecule has 0 unspecified atom stereocenters. The van der Waals surface area contributed by atoms with Crippen molar-refractivity contribution in [3.63, 3.8) is 0 Å². The average Bonchev–Trinajstić information content (AvgIpc) is 3.23. The molecule has 1 saturated heterocycles.